The zero-order chi connectivity index (χ0) is 19.9. The molecule has 0 spiro atoms. The molecule has 2 heterocycles. The third-order valence-corrected chi connectivity index (χ3v) is 5.21. The van der Waals surface area contributed by atoms with Crippen LogP contribution in [0.4, 0.5) is 0 Å². The van der Waals surface area contributed by atoms with E-state index in [0.29, 0.717) is 19.5 Å². The van der Waals surface area contributed by atoms with Crippen molar-refractivity contribution >= 4 is 11.8 Å². The van der Waals surface area contributed by atoms with Crippen LogP contribution in [-0.2, 0) is 9.59 Å². The van der Waals surface area contributed by atoms with E-state index in [1.54, 1.807) is 11.0 Å². The van der Waals surface area contributed by atoms with Crippen molar-refractivity contribution in [3.05, 3.63) is 42.5 Å². The summed E-state index contributed by atoms with van der Waals surface area (Å²) in [5, 5.41) is 7.07. The van der Waals surface area contributed by atoms with Crippen molar-refractivity contribution in [2.45, 2.75) is 32.2 Å². The number of likely N-dealkylation sites (N-methyl/N-ethyl adjacent to an activating group) is 1. The number of nitrogens with zero attached hydrogens (tertiary/aromatic N) is 5. The predicted molar refractivity (Wildman–Crippen MR) is 106 cm³/mol. The fourth-order valence-electron chi connectivity index (χ4n) is 3.36. The van der Waals surface area contributed by atoms with Crippen molar-refractivity contribution in [1.82, 2.24) is 29.9 Å². The lowest BCUT2D eigenvalue weighted by atomic mass is 10.1. The average molecular weight is 384 g/mol. The van der Waals surface area contributed by atoms with Crippen LogP contribution in [0.1, 0.15) is 37.8 Å². The lowest BCUT2D eigenvalue weighted by Crippen LogP contribution is -2.37. The summed E-state index contributed by atoms with van der Waals surface area (Å²) in [6.45, 7) is 4.58. The number of hydrogen-bond acceptors (Lipinski definition) is 5. The Morgan fingerprint density at radius 1 is 1.32 bits per heavy atom. The van der Waals surface area contributed by atoms with E-state index in [1.165, 1.54) is 6.33 Å². The zero-order valence-electron chi connectivity index (χ0n) is 16.5. The van der Waals surface area contributed by atoms with Gasteiger partial charge in [0.15, 0.2) is 0 Å². The largest absolute Gasteiger partial charge is 0.355 e. The van der Waals surface area contributed by atoms with Gasteiger partial charge in [0.05, 0.1) is 12.2 Å². The standard InChI is InChI=1S/C20H28N6O2/c1-16(17-6-8-18(9-7-17)26-15-21-14-23-26)24(2)13-19(27)22-10-4-12-25-11-3-5-20(25)28/h6-9,14-16H,3-5,10-13H2,1-2H3,(H,22,27). The maximum absolute atomic E-state index is 12.2. The minimum atomic E-state index is 0.00124. The molecule has 1 N–H and O–H groups in total. The zero-order valence-corrected chi connectivity index (χ0v) is 16.5. The Labute approximate surface area is 165 Å². The Hall–Kier alpha value is -2.74. The highest BCUT2D eigenvalue weighted by Gasteiger charge is 2.19. The van der Waals surface area contributed by atoms with E-state index in [4.69, 9.17) is 0 Å². The first-order valence-electron chi connectivity index (χ1n) is 9.74. The van der Waals surface area contributed by atoms with Crippen LogP contribution in [-0.4, -0.2) is 69.6 Å². The molecular formula is C20H28N6O2. The van der Waals surface area contributed by atoms with Gasteiger partial charge in [-0.3, -0.25) is 14.5 Å². The molecular weight excluding hydrogens is 356 g/mol. The van der Waals surface area contributed by atoms with Crippen LogP contribution in [0.3, 0.4) is 0 Å². The predicted octanol–water partition coefficient (Wildman–Crippen LogP) is 1.39. The molecule has 0 aliphatic carbocycles. The molecule has 1 unspecified atom stereocenters. The number of nitrogens with one attached hydrogen (secondary N) is 1. The van der Waals surface area contributed by atoms with E-state index in [2.05, 4.69) is 22.3 Å². The molecule has 150 valence electrons. The average Bonchev–Trinajstić information content (AvgIpc) is 3.37. The Morgan fingerprint density at radius 3 is 2.75 bits per heavy atom. The smallest absolute Gasteiger partial charge is 0.234 e. The normalized spacial score (nSPS) is 15.2. The van der Waals surface area contributed by atoms with Gasteiger partial charge in [0.1, 0.15) is 12.7 Å². The summed E-state index contributed by atoms with van der Waals surface area (Å²) in [7, 11) is 1.94. The van der Waals surface area contributed by atoms with Gasteiger partial charge in [-0.05, 0) is 44.5 Å². The molecule has 1 aromatic heterocycles. The Bertz CT molecular complexity index is 775. The van der Waals surface area contributed by atoms with Crippen LogP contribution >= 0.6 is 0 Å². The third kappa shape index (κ3) is 5.16. The number of rotatable bonds is 9. The highest BCUT2D eigenvalue weighted by molar-refractivity contribution is 5.78. The number of aromatic nitrogens is 3. The summed E-state index contributed by atoms with van der Waals surface area (Å²) in [6.07, 6.45) is 5.57. The van der Waals surface area contributed by atoms with E-state index < -0.39 is 0 Å². The molecule has 1 aliphatic heterocycles. The van der Waals surface area contributed by atoms with Gasteiger partial charge in [-0.1, -0.05) is 12.1 Å². The van der Waals surface area contributed by atoms with E-state index in [9.17, 15) is 9.59 Å². The second-order valence-corrected chi connectivity index (χ2v) is 7.21. The number of carbonyl (C=O) groups is 2. The minimum absolute atomic E-state index is 0.00124. The quantitative estimate of drug-likeness (QED) is 0.661. The first-order chi connectivity index (χ1) is 13.5. The number of likely N-dealkylation sites (tertiary alicyclic amines) is 1. The summed E-state index contributed by atoms with van der Waals surface area (Å²) >= 11 is 0. The van der Waals surface area contributed by atoms with Crippen molar-refractivity contribution in [2.24, 2.45) is 0 Å². The molecule has 1 aliphatic rings. The van der Waals surface area contributed by atoms with E-state index in [1.807, 2.05) is 41.1 Å². The summed E-state index contributed by atoms with van der Waals surface area (Å²) in [5.41, 5.74) is 2.08. The van der Waals surface area contributed by atoms with E-state index in [-0.39, 0.29) is 17.9 Å². The maximum Gasteiger partial charge on any atom is 0.234 e. The van der Waals surface area contributed by atoms with Crippen molar-refractivity contribution in [1.29, 1.82) is 0 Å². The lowest BCUT2D eigenvalue weighted by molar-refractivity contribution is -0.127. The maximum atomic E-state index is 12.2. The fraction of sp³-hybridized carbons (Fsp3) is 0.500. The van der Waals surface area contributed by atoms with Crippen LogP contribution in [0, 0.1) is 0 Å². The molecule has 8 heteroatoms. The van der Waals surface area contributed by atoms with Gasteiger partial charge in [-0.2, -0.15) is 5.10 Å². The monoisotopic (exact) mass is 384 g/mol. The molecule has 1 atom stereocenters. The van der Waals surface area contributed by atoms with Crippen molar-refractivity contribution in [2.75, 3.05) is 33.2 Å². The molecule has 0 saturated carbocycles. The summed E-state index contributed by atoms with van der Waals surface area (Å²) in [4.78, 5) is 31.6. The summed E-state index contributed by atoms with van der Waals surface area (Å²) < 4.78 is 1.71. The fourth-order valence-corrected chi connectivity index (χ4v) is 3.36. The lowest BCUT2D eigenvalue weighted by Gasteiger charge is -2.24. The summed E-state index contributed by atoms with van der Waals surface area (Å²) in [5.74, 6) is 0.232. The molecule has 2 aromatic rings. The van der Waals surface area contributed by atoms with Gasteiger partial charge in [-0.25, -0.2) is 9.67 Å². The Morgan fingerprint density at radius 2 is 2.11 bits per heavy atom. The first-order valence-corrected chi connectivity index (χ1v) is 9.74. The number of hydrogen-bond donors (Lipinski definition) is 1. The molecule has 3 rings (SSSR count). The van der Waals surface area contributed by atoms with Crippen LogP contribution in [0.15, 0.2) is 36.9 Å². The van der Waals surface area contributed by atoms with Gasteiger partial charge in [-0.15, -0.1) is 0 Å². The van der Waals surface area contributed by atoms with Gasteiger partial charge >= 0.3 is 0 Å². The Kier molecular flexibility index (Phi) is 6.76. The molecule has 1 aromatic carbocycles. The number of carbonyl (C=O) groups excluding carboxylic acids is 2. The number of benzene rings is 1. The van der Waals surface area contributed by atoms with Crippen LogP contribution in [0.2, 0.25) is 0 Å². The highest BCUT2D eigenvalue weighted by atomic mass is 16.2. The molecule has 0 bridgehead atoms. The first kappa shape index (κ1) is 20.0. The summed E-state index contributed by atoms with van der Waals surface area (Å²) in [6, 6.07) is 8.19. The van der Waals surface area contributed by atoms with Crippen molar-refractivity contribution in [3.8, 4) is 5.69 Å². The van der Waals surface area contributed by atoms with E-state index >= 15 is 0 Å². The van der Waals surface area contributed by atoms with Crippen LogP contribution in [0.25, 0.3) is 5.69 Å². The number of amides is 2. The van der Waals surface area contributed by atoms with Crippen LogP contribution in [0.5, 0.6) is 0 Å². The minimum Gasteiger partial charge on any atom is -0.355 e. The topological polar surface area (TPSA) is 83.4 Å². The van der Waals surface area contributed by atoms with Gasteiger partial charge in [0.25, 0.3) is 0 Å². The molecule has 2 amide bonds. The van der Waals surface area contributed by atoms with Crippen molar-refractivity contribution in [3.63, 3.8) is 0 Å². The highest BCUT2D eigenvalue weighted by Crippen LogP contribution is 2.19. The SMILES string of the molecule is CC(c1ccc(-n2cncn2)cc1)N(C)CC(=O)NCCCN1CCCC1=O. The van der Waals surface area contributed by atoms with E-state index in [0.717, 1.165) is 37.2 Å². The third-order valence-electron chi connectivity index (χ3n) is 5.21. The van der Waals surface area contributed by atoms with Gasteiger partial charge < -0.3 is 10.2 Å². The second-order valence-electron chi connectivity index (χ2n) is 7.21. The molecule has 1 saturated heterocycles. The van der Waals surface area contributed by atoms with Gasteiger partial charge in [0, 0.05) is 32.1 Å². The molecule has 0 radical (unpaired) electrons. The van der Waals surface area contributed by atoms with Gasteiger partial charge in [0.2, 0.25) is 11.8 Å². The second kappa shape index (κ2) is 9.45. The Balaban J connectivity index is 1.41. The van der Waals surface area contributed by atoms with Crippen LogP contribution < -0.4 is 5.32 Å². The van der Waals surface area contributed by atoms with Crippen molar-refractivity contribution < 1.29 is 9.59 Å². The molecule has 1 fully saturated rings. The molecule has 8 nitrogen and oxygen atoms in total. The molecule has 28 heavy (non-hydrogen) atoms.